The monoisotopic (exact) mass is 263 g/mol. The molecule has 2 aromatic rings. The van der Waals surface area contributed by atoms with Gasteiger partial charge in [-0.3, -0.25) is 4.68 Å². The van der Waals surface area contributed by atoms with Crippen molar-refractivity contribution in [1.29, 1.82) is 0 Å². The van der Waals surface area contributed by atoms with E-state index in [4.69, 9.17) is 0 Å². The topological polar surface area (TPSA) is 64.0 Å². The number of aromatic nitrogens is 2. The predicted molar refractivity (Wildman–Crippen MR) is 68.1 cm³/mol. The standard InChI is InChI=1S/C12H13N3O2S/c1-15-7-6-12(14-15)13-10-8-18(16,17)11-5-3-2-4-9(10)11/h2-7,10H,8H2,1H3,(H,13,14). The SMILES string of the molecule is Cn1ccc(NC2CS(=O)(=O)c3ccccc32)n1. The van der Waals surface area contributed by atoms with E-state index < -0.39 is 9.84 Å². The molecule has 1 aromatic heterocycles. The third-order valence-corrected chi connectivity index (χ3v) is 4.87. The molecule has 0 saturated carbocycles. The van der Waals surface area contributed by atoms with Crippen LogP contribution in [0.3, 0.4) is 0 Å². The molecule has 2 heterocycles. The number of fused-ring (bicyclic) bond motifs is 1. The van der Waals surface area contributed by atoms with Gasteiger partial charge in [0, 0.05) is 19.3 Å². The molecule has 1 unspecified atom stereocenters. The van der Waals surface area contributed by atoms with E-state index >= 15 is 0 Å². The Balaban J connectivity index is 1.97. The van der Waals surface area contributed by atoms with Crippen LogP contribution in [-0.2, 0) is 16.9 Å². The molecule has 3 rings (SSSR count). The minimum Gasteiger partial charge on any atom is -0.361 e. The van der Waals surface area contributed by atoms with E-state index in [1.54, 1.807) is 16.8 Å². The average Bonchev–Trinajstić information content (AvgIpc) is 2.83. The largest absolute Gasteiger partial charge is 0.361 e. The summed E-state index contributed by atoms with van der Waals surface area (Å²) in [7, 11) is -1.34. The van der Waals surface area contributed by atoms with Crippen molar-refractivity contribution in [3.8, 4) is 0 Å². The van der Waals surface area contributed by atoms with Gasteiger partial charge in [-0.25, -0.2) is 8.42 Å². The lowest BCUT2D eigenvalue weighted by Gasteiger charge is -2.11. The fourth-order valence-electron chi connectivity index (χ4n) is 2.24. The number of rotatable bonds is 2. The zero-order chi connectivity index (χ0) is 12.8. The molecule has 1 atom stereocenters. The van der Waals surface area contributed by atoms with Gasteiger partial charge >= 0.3 is 0 Å². The summed E-state index contributed by atoms with van der Waals surface area (Å²) in [5.41, 5.74) is 0.822. The van der Waals surface area contributed by atoms with Crippen molar-refractivity contribution in [2.24, 2.45) is 7.05 Å². The lowest BCUT2D eigenvalue weighted by molar-refractivity contribution is 0.598. The lowest BCUT2D eigenvalue weighted by Crippen LogP contribution is -2.13. The Hall–Kier alpha value is -1.82. The van der Waals surface area contributed by atoms with Gasteiger partial charge < -0.3 is 5.32 Å². The molecule has 18 heavy (non-hydrogen) atoms. The Labute approximate surface area is 105 Å². The Morgan fingerprint density at radius 2 is 2.11 bits per heavy atom. The van der Waals surface area contributed by atoms with E-state index in [0.717, 1.165) is 5.56 Å². The molecule has 0 fully saturated rings. The number of sulfone groups is 1. The van der Waals surface area contributed by atoms with Gasteiger partial charge in [0.15, 0.2) is 9.84 Å². The molecule has 0 amide bonds. The van der Waals surface area contributed by atoms with Crippen LogP contribution in [0.1, 0.15) is 11.6 Å². The summed E-state index contributed by atoms with van der Waals surface area (Å²) in [4.78, 5) is 0.429. The van der Waals surface area contributed by atoms with Gasteiger partial charge in [-0.2, -0.15) is 5.10 Å². The fourth-order valence-corrected chi connectivity index (χ4v) is 3.98. The molecule has 6 heteroatoms. The van der Waals surface area contributed by atoms with Crippen LogP contribution in [-0.4, -0.2) is 24.0 Å². The van der Waals surface area contributed by atoms with Crippen LogP contribution in [0.5, 0.6) is 0 Å². The Morgan fingerprint density at radius 3 is 2.83 bits per heavy atom. The summed E-state index contributed by atoms with van der Waals surface area (Å²) in [6.45, 7) is 0. The molecule has 0 saturated heterocycles. The summed E-state index contributed by atoms with van der Waals surface area (Å²) in [6.07, 6.45) is 1.82. The molecule has 0 spiro atoms. The fraction of sp³-hybridized carbons (Fsp3) is 0.250. The molecular formula is C12H13N3O2S. The second-order valence-corrected chi connectivity index (χ2v) is 6.39. The predicted octanol–water partition coefficient (Wildman–Crippen LogP) is 1.36. The molecule has 5 nitrogen and oxygen atoms in total. The highest BCUT2D eigenvalue weighted by molar-refractivity contribution is 7.91. The van der Waals surface area contributed by atoms with E-state index in [2.05, 4.69) is 10.4 Å². The normalized spacial score (nSPS) is 20.6. The van der Waals surface area contributed by atoms with Gasteiger partial charge in [0.2, 0.25) is 0 Å². The number of hydrogen-bond donors (Lipinski definition) is 1. The smallest absolute Gasteiger partial charge is 0.181 e. The first-order chi connectivity index (χ1) is 8.56. The number of benzene rings is 1. The van der Waals surface area contributed by atoms with Crippen LogP contribution < -0.4 is 5.32 Å². The minimum absolute atomic E-state index is 0.0862. The highest BCUT2D eigenvalue weighted by Gasteiger charge is 2.34. The van der Waals surface area contributed by atoms with Crippen molar-refractivity contribution < 1.29 is 8.42 Å². The maximum Gasteiger partial charge on any atom is 0.181 e. The molecule has 1 aliphatic rings. The number of aryl methyl sites for hydroxylation is 1. The third kappa shape index (κ3) is 1.78. The maximum absolute atomic E-state index is 12.0. The number of nitrogens with one attached hydrogen (secondary N) is 1. The van der Waals surface area contributed by atoms with Crippen LogP contribution in [0.15, 0.2) is 41.4 Å². The summed E-state index contributed by atoms with van der Waals surface area (Å²) in [5, 5.41) is 7.37. The second kappa shape index (κ2) is 3.84. The molecule has 0 radical (unpaired) electrons. The number of hydrogen-bond acceptors (Lipinski definition) is 4. The maximum atomic E-state index is 12.0. The van der Waals surface area contributed by atoms with Crippen LogP contribution in [0.25, 0.3) is 0 Å². The van der Waals surface area contributed by atoms with Crippen molar-refractivity contribution in [1.82, 2.24) is 9.78 Å². The van der Waals surface area contributed by atoms with Gasteiger partial charge in [-0.15, -0.1) is 0 Å². The van der Waals surface area contributed by atoms with Gasteiger partial charge in [0.25, 0.3) is 0 Å². The van der Waals surface area contributed by atoms with Crippen molar-refractivity contribution in [3.05, 3.63) is 42.1 Å². The van der Waals surface area contributed by atoms with Crippen molar-refractivity contribution in [3.63, 3.8) is 0 Å². The van der Waals surface area contributed by atoms with Gasteiger partial charge in [0.05, 0.1) is 16.7 Å². The van der Waals surface area contributed by atoms with Crippen LogP contribution in [0, 0.1) is 0 Å². The summed E-state index contributed by atoms with van der Waals surface area (Å²) in [6, 6.07) is 8.71. The Kier molecular flexibility index (Phi) is 2.41. The molecule has 1 N–H and O–H groups in total. The molecule has 94 valence electrons. The Morgan fingerprint density at radius 1 is 1.33 bits per heavy atom. The molecular weight excluding hydrogens is 250 g/mol. The first kappa shape index (κ1) is 11.3. The van der Waals surface area contributed by atoms with E-state index in [1.807, 2.05) is 31.4 Å². The van der Waals surface area contributed by atoms with E-state index in [9.17, 15) is 8.42 Å². The number of anilines is 1. The van der Waals surface area contributed by atoms with E-state index in [-0.39, 0.29) is 11.8 Å². The summed E-state index contributed by atoms with van der Waals surface area (Å²) >= 11 is 0. The van der Waals surface area contributed by atoms with Crippen LogP contribution in [0.2, 0.25) is 0 Å². The van der Waals surface area contributed by atoms with Gasteiger partial charge in [-0.05, 0) is 11.6 Å². The molecule has 1 aromatic carbocycles. The minimum atomic E-state index is -3.17. The average molecular weight is 263 g/mol. The number of nitrogens with zero attached hydrogens (tertiary/aromatic N) is 2. The van der Waals surface area contributed by atoms with E-state index in [1.165, 1.54) is 0 Å². The highest BCUT2D eigenvalue weighted by atomic mass is 32.2. The third-order valence-electron chi connectivity index (χ3n) is 3.05. The first-order valence-corrected chi connectivity index (χ1v) is 7.29. The van der Waals surface area contributed by atoms with Crippen molar-refractivity contribution >= 4 is 15.7 Å². The lowest BCUT2D eigenvalue weighted by atomic mass is 10.1. The molecule has 1 aliphatic heterocycles. The van der Waals surface area contributed by atoms with Crippen LogP contribution >= 0.6 is 0 Å². The van der Waals surface area contributed by atoms with E-state index in [0.29, 0.717) is 10.7 Å². The Bertz CT molecular complexity index is 691. The van der Waals surface area contributed by atoms with Gasteiger partial charge in [-0.1, -0.05) is 18.2 Å². The van der Waals surface area contributed by atoms with Crippen molar-refractivity contribution in [2.45, 2.75) is 10.9 Å². The summed E-state index contributed by atoms with van der Waals surface area (Å²) < 4.78 is 25.7. The zero-order valence-electron chi connectivity index (χ0n) is 9.87. The zero-order valence-corrected chi connectivity index (χ0v) is 10.7. The summed E-state index contributed by atoms with van der Waals surface area (Å²) in [5.74, 6) is 0.775. The second-order valence-electron chi connectivity index (χ2n) is 4.39. The first-order valence-electron chi connectivity index (χ1n) is 5.64. The van der Waals surface area contributed by atoms with Gasteiger partial charge in [0.1, 0.15) is 5.82 Å². The van der Waals surface area contributed by atoms with Crippen LogP contribution in [0.4, 0.5) is 5.82 Å². The quantitative estimate of drug-likeness (QED) is 0.888. The highest BCUT2D eigenvalue weighted by Crippen LogP contribution is 2.34. The van der Waals surface area contributed by atoms with Crippen molar-refractivity contribution in [2.75, 3.05) is 11.1 Å². The molecule has 0 bridgehead atoms. The molecule has 0 aliphatic carbocycles.